The van der Waals surface area contributed by atoms with Crippen molar-refractivity contribution in [3.8, 4) is 33.8 Å². The summed E-state index contributed by atoms with van der Waals surface area (Å²) in [4.78, 5) is 13.2. The molecule has 0 aliphatic carbocycles. The number of pyridine rings is 2. The number of hydrogen-bond acceptors (Lipinski definition) is 5. The first-order valence-electron chi connectivity index (χ1n) is 9.15. The molecule has 0 saturated carbocycles. The van der Waals surface area contributed by atoms with Gasteiger partial charge >= 0.3 is 0 Å². The van der Waals surface area contributed by atoms with E-state index < -0.39 is 0 Å². The summed E-state index contributed by atoms with van der Waals surface area (Å²) in [6.07, 6.45) is 4.96. The molecule has 0 saturated heterocycles. The monoisotopic (exact) mass is 432 g/mol. The molecule has 0 unspecified atom stereocenters. The molecular formula is C22H14Cl2N6. The van der Waals surface area contributed by atoms with Gasteiger partial charge in [-0.15, -0.1) is 10.2 Å². The van der Waals surface area contributed by atoms with Gasteiger partial charge in [0.25, 0.3) is 0 Å². The Labute approximate surface area is 182 Å². The molecule has 5 rings (SSSR count). The highest BCUT2D eigenvalue weighted by Gasteiger charge is 2.20. The van der Waals surface area contributed by atoms with Gasteiger partial charge < -0.3 is 0 Å². The number of halogens is 2. The maximum absolute atomic E-state index is 6.20. The lowest BCUT2D eigenvalue weighted by Gasteiger charge is -2.15. The van der Waals surface area contributed by atoms with Gasteiger partial charge in [0.05, 0.1) is 11.3 Å². The summed E-state index contributed by atoms with van der Waals surface area (Å²) in [5.74, 6) is 0.652. The van der Waals surface area contributed by atoms with Crippen molar-refractivity contribution in [3.63, 3.8) is 0 Å². The van der Waals surface area contributed by atoms with E-state index in [0.29, 0.717) is 21.8 Å². The van der Waals surface area contributed by atoms with Crippen LogP contribution in [0.25, 0.3) is 39.4 Å². The van der Waals surface area contributed by atoms with E-state index in [1.807, 2.05) is 41.7 Å². The summed E-state index contributed by atoms with van der Waals surface area (Å²) in [6.45, 7) is 2.05. The highest BCUT2D eigenvalue weighted by Crippen LogP contribution is 2.37. The van der Waals surface area contributed by atoms with Crippen LogP contribution in [0.5, 0.6) is 0 Å². The first-order valence-corrected chi connectivity index (χ1v) is 9.90. The van der Waals surface area contributed by atoms with Gasteiger partial charge in [-0.1, -0.05) is 53.0 Å². The van der Waals surface area contributed by atoms with E-state index in [1.54, 1.807) is 30.9 Å². The van der Waals surface area contributed by atoms with Crippen molar-refractivity contribution < 1.29 is 0 Å². The van der Waals surface area contributed by atoms with E-state index in [-0.39, 0.29) is 0 Å². The average Bonchev–Trinajstić information content (AvgIpc) is 3.22. The molecule has 8 heteroatoms. The minimum absolute atomic E-state index is 0.381. The molecule has 4 heterocycles. The number of rotatable bonds is 3. The molecular weight excluding hydrogens is 419 g/mol. The van der Waals surface area contributed by atoms with Gasteiger partial charge in [-0.25, -0.2) is 15.0 Å². The topological polar surface area (TPSA) is 68.9 Å². The second-order valence-electron chi connectivity index (χ2n) is 6.79. The van der Waals surface area contributed by atoms with Gasteiger partial charge in [0, 0.05) is 23.5 Å². The maximum Gasteiger partial charge on any atom is 0.172 e. The lowest BCUT2D eigenvalue weighted by atomic mass is 9.99. The van der Waals surface area contributed by atoms with Crippen LogP contribution in [0.1, 0.15) is 5.56 Å². The molecule has 0 atom stereocenters. The van der Waals surface area contributed by atoms with E-state index in [2.05, 4.69) is 26.2 Å². The van der Waals surface area contributed by atoms with Gasteiger partial charge in [-0.2, -0.15) is 0 Å². The van der Waals surface area contributed by atoms with E-state index in [4.69, 9.17) is 28.2 Å². The zero-order chi connectivity index (χ0) is 20.7. The molecule has 30 heavy (non-hydrogen) atoms. The number of nitrogens with zero attached hydrogens (tertiary/aromatic N) is 6. The van der Waals surface area contributed by atoms with Crippen LogP contribution in [0.3, 0.4) is 0 Å². The Kier molecular flexibility index (Phi) is 4.65. The Morgan fingerprint density at radius 2 is 1.57 bits per heavy atom. The zero-order valence-electron chi connectivity index (χ0n) is 15.8. The second-order valence-corrected chi connectivity index (χ2v) is 7.56. The van der Waals surface area contributed by atoms with E-state index >= 15 is 0 Å². The first-order chi connectivity index (χ1) is 14.6. The number of hydrogen-bond donors (Lipinski definition) is 0. The largest absolute Gasteiger partial charge is 0.264 e. The van der Waals surface area contributed by atoms with Gasteiger partial charge in [-0.3, -0.25) is 4.40 Å². The minimum Gasteiger partial charge on any atom is -0.264 e. The molecule has 1 aromatic carbocycles. The lowest BCUT2D eigenvalue weighted by Crippen LogP contribution is -2.02. The van der Waals surface area contributed by atoms with E-state index in [9.17, 15) is 0 Å². The van der Waals surface area contributed by atoms with Gasteiger partial charge in [-0.05, 0) is 36.8 Å². The lowest BCUT2D eigenvalue weighted by molar-refractivity contribution is 1.08. The molecule has 5 aromatic rings. The molecule has 6 nitrogen and oxygen atoms in total. The highest BCUT2D eigenvalue weighted by atomic mass is 35.5. The third-order valence-electron chi connectivity index (χ3n) is 4.75. The van der Waals surface area contributed by atoms with Crippen LogP contribution in [-0.4, -0.2) is 29.5 Å². The van der Waals surface area contributed by atoms with Crippen LogP contribution >= 0.6 is 23.2 Å². The highest BCUT2D eigenvalue weighted by molar-refractivity contribution is 6.30. The van der Waals surface area contributed by atoms with Crippen LogP contribution in [0.15, 0.2) is 67.3 Å². The molecule has 0 aliphatic rings. The van der Waals surface area contributed by atoms with Crippen LogP contribution in [0, 0.1) is 6.92 Å². The molecule has 0 fully saturated rings. The maximum atomic E-state index is 6.20. The fourth-order valence-electron chi connectivity index (χ4n) is 3.45. The summed E-state index contributed by atoms with van der Waals surface area (Å²) < 4.78 is 1.86. The molecule has 0 spiro atoms. The van der Waals surface area contributed by atoms with Crippen molar-refractivity contribution in [1.29, 1.82) is 0 Å². The van der Waals surface area contributed by atoms with Crippen molar-refractivity contribution in [2.45, 2.75) is 6.92 Å². The number of aromatic nitrogens is 6. The van der Waals surface area contributed by atoms with Crippen molar-refractivity contribution in [3.05, 3.63) is 83.1 Å². The Hall–Kier alpha value is -3.35. The normalized spacial score (nSPS) is 11.2. The van der Waals surface area contributed by atoms with Gasteiger partial charge in [0.1, 0.15) is 22.5 Å². The zero-order valence-corrected chi connectivity index (χ0v) is 17.3. The Morgan fingerprint density at radius 3 is 2.30 bits per heavy atom. The quantitative estimate of drug-likeness (QED) is 0.350. The molecule has 0 bridgehead atoms. The predicted molar refractivity (Wildman–Crippen MR) is 117 cm³/mol. The Morgan fingerprint density at radius 1 is 0.833 bits per heavy atom. The fourth-order valence-corrected chi connectivity index (χ4v) is 3.80. The summed E-state index contributed by atoms with van der Waals surface area (Å²) in [5, 5.41) is 9.34. The molecule has 0 amide bonds. The summed E-state index contributed by atoms with van der Waals surface area (Å²) in [5.41, 5.74) is 6.03. The third-order valence-corrected chi connectivity index (χ3v) is 5.16. The van der Waals surface area contributed by atoms with Gasteiger partial charge in [0.2, 0.25) is 0 Å². The van der Waals surface area contributed by atoms with Crippen molar-refractivity contribution >= 4 is 28.8 Å². The van der Waals surface area contributed by atoms with Crippen molar-refractivity contribution in [2.24, 2.45) is 0 Å². The van der Waals surface area contributed by atoms with Crippen LogP contribution in [0.2, 0.25) is 10.3 Å². The Balaban J connectivity index is 1.90. The van der Waals surface area contributed by atoms with Gasteiger partial charge in [0.15, 0.2) is 5.65 Å². The smallest absolute Gasteiger partial charge is 0.172 e. The van der Waals surface area contributed by atoms with E-state index in [0.717, 1.165) is 33.5 Å². The SMILES string of the molecule is Cc1cccc(-c2c(-c3ccnc(Cl)c3)nc(-c3ccnc(Cl)c3)n3cnnc23)c1. The van der Waals surface area contributed by atoms with Crippen LogP contribution < -0.4 is 0 Å². The Bertz CT molecular complexity index is 1400. The minimum atomic E-state index is 0.381. The number of aryl methyl sites for hydroxylation is 1. The molecule has 0 radical (unpaired) electrons. The van der Waals surface area contributed by atoms with Crippen molar-refractivity contribution in [1.82, 2.24) is 29.5 Å². The van der Waals surface area contributed by atoms with Crippen LogP contribution in [0.4, 0.5) is 0 Å². The molecule has 146 valence electrons. The first kappa shape index (κ1) is 18.7. The van der Waals surface area contributed by atoms with Crippen LogP contribution in [-0.2, 0) is 0 Å². The summed E-state index contributed by atoms with van der Waals surface area (Å²) >= 11 is 12.3. The molecule has 4 aromatic heterocycles. The summed E-state index contributed by atoms with van der Waals surface area (Å²) in [7, 11) is 0. The molecule has 0 aliphatic heterocycles. The second kappa shape index (κ2) is 7.48. The number of benzene rings is 1. The van der Waals surface area contributed by atoms with Crippen molar-refractivity contribution in [2.75, 3.05) is 0 Å². The third kappa shape index (κ3) is 3.30. The summed E-state index contributed by atoms with van der Waals surface area (Å²) in [6, 6.07) is 15.5. The standard InChI is InChI=1S/C22H14Cl2N6/c1-13-3-2-4-14(9-13)19-20(15-5-7-25-17(23)10-15)28-21(30-12-27-29-22(19)30)16-6-8-26-18(24)11-16/h2-12H,1H3. The predicted octanol–water partition coefficient (Wildman–Crippen LogP) is 5.53. The number of fused-ring (bicyclic) bond motifs is 1. The molecule has 0 N–H and O–H groups in total. The fraction of sp³-hybridized carbons (Fsp3) is 0.0455. The average molecular weight is 433 g/mol. The van der Waals surface area contributed by atoms with E-state index in [1.165, 1.54) is 0 Å².